The highest BCUT2D eigenvalue weighted by atomic mass is 16.6. The first-order chi connectivity index (χ1) is 10.1. The van der Waals surface area contributed by atoms with Gasteiger partial charge in [-0.1, -0.05) is 5.16 Å². The normalized spacial score (nSPS) is 27.0. The Balaban J connectivity index is 1.91. The van der Waals surface area contributed by atoms with Crippen LogP contribution >= 0.6 is 0 Å². The minimum absolute atomic E-state index is 0.00344. The van der Waals surface area contributed by atoms with Crippen LogP contribution in [0, 0.1) is 11.8 Å². The monoisotopic (exact) mass is 291 g/mol. The smallest absolute Gasteiger partial charge is 0.254 e. The third-order valence-electron chi connectivity index (χ3n) is 4.10. The lowest BCUT2D eigenvalue weighted by atomic mass is 9.94. The summed E-state index contributed by atoms with van der Waals surface area (Å²) in [6.07, 6.45) is 3.21. The molecule has 3 rings (SSSR count). The number of aliphatic hydroxyl groups is 1. The number of rotatable bonds is 4. The SMILES string of the molecule is COc1ncc(C2=NOC3CC(CO)CC23)cc1C(N)=O. The summed E-state index contributed by atoms with van der Waals surface area (Å²) in [4.78, 5) is 21.0. The Hall–Kier alpha value is -2.15. The van der Waals surface area contributed by atoms with E-state index in [0.29, 0.717) is 5.56 Å². The molecule has 2 aliphatic rings. The van der Waals surface area contributed by atoms with Crippen LogP contribution in [0.3, 0.4) is 0 Å². The van der Waals surface area contributed by atoms with Crippen LogP contribution in [-0.4, -0.2) is 41.5 Å². The van der Waals surface area contributed by atoms with Gasteiger partial charge in [0.25, 0.3) is 5.91 Å². The maximum absolute atomic E-state index is 11.5. The van der Waals surface area contributed by atoms with Gasteiger partial charge in [0.05, 0.1) is 12.8 Å². The summed E-state index contributed by atoms with van der Waals surface area (Å²) < 4.78 is 5.03. The molecule has 1 aliphatic heterocycles. The molecule has 1 aromatic rings. The van der Waals surface area contributed by atoms with E-state index in [1.807, 2.05) is 0 Å². The number of oxime groups is 1. The number of carbonyl (C=O) groups is 1. The quantitative estimate of drug-likeness (QED) is 0.830. The lowest BCUT2D eigenvalue weighted by molar-refractivity contribution is 0.0684. The highest BCUT2D eigenvalue weighted by molar-refractivity contribution is 6.05. The Morgan fingerprint density at radius 3 is 3.05 bits per heavy atom. The zero-order valence-electron chi connectivity index (χ0n) is 11.7. The number of carbonyl (C=O) groups excluding carboxylic acids is 1. The Morgan fingerprint density at radius 2 is 2.38 bits per heavy atom. The molecule has 0 saturated heterocycles. The highest BCUT2D eigenvalue weighted by Crippen LogP contribution is 2.39. The summed E-state index contributed by atoms with van der Waals surface area (Å²) in [5.74, 6) is -0.0516. The van der Waals surface area contributed by atoms with Crippen LogP contribution in [0.25, 0.3) is 0 Å². The van der Waals surface area contributed by atoms with Gasteiger partial charge < -0.3 is 20.4 Å². The van der Waals surface area contributed by atoms with Crippen LogP contribution in [-0.2, 0) is 4.84 Å². The fraction of sp³-hybridized carbons (Fsp3) is 0.500. The Labute approximate surface area is 121 Å². The Bertz CT molecular complexity index is 602. The van der Waals surface area contributed by atoms with Crippen molar-refractivity contribution in [2.24, 2.45) is 22.7 Å². The lowest BCUT2D eigenvalue weighted by Crippen LogP contribution is -2.19. The van der Waals surface area contributed by atoms with Gasteiger partial charge >= 0.3 is 0 Å². The molecule has 1 aliphatic carbocycles. The van der Waals surface area contributed by atoms with Crippen molar-refractivity contribution in [3.05, 3.63) is 23.4 Å². The Morgan fingerprint density at radius 1 is 1.57 bits per heavy atom. The summed E-state index contributed by atoms with van der Waals surface area (Å²) in [5, 5.41) is 13.4. The van der Waals surface area contributed by atoms with E-state index in [4.69, 9.17) is 15.3 Å². The second-order valence-electron chi connectivity index (χ2n) is 5.39. The van der Waals surface area contributed by atoms with Crippen LogP contribution in [0.1, 0.15) is 28.8 Å². The predicted octanol–water partition coefficient (Wildman–Crippen LogP) is 0.311. The lowest BCUT2D eigenvalue weighted by Gasteiger charge is -2.11. The summed E-state index contributed by atoms with van der Waals surface area (Å²) in [6, 6.07) is 1.63. The van der Waals surface area contributed by atoms with E-state index in [9.17, 15) is 9.90 Å². The van der Waals surface area contributed by atoms with Crippen molar-refractivity contribution in [3.63, 3.8) is 0 Å². The second kappa shape index (κ2) is 5.33. The fourth-order valence-corrected chi connectivity index (χ4v) is 3.04. The van der Waals surface area contributed by atoms with Gasteiger partial charge in [0, 0.05) is 24.3 Å². The van der Waals surface area contributed by atoms with Gasteiger partial charge in [-0.05, 0) is 24.8 Å². The largest absolute Gasteiger partial charge is 0.480 e. The molecule has 1 saturated carbocycles. The molecule has 0 aromatic carbocycles. The number of amides is 1. The van der Waals surface area contributed by atoms with Crippen molar-refractivity contribution in [1.29, 1.82) is 0 Å². The molecule has 0 spiro atoms. The highest BCUT2D eigenvalue weighted by Gasteiger charge is 2.43. The number of nitrogens with zero attached hydrogens (tertiary/aromatic N) is 2. The molecule has 3 atom stereocenters. The molecular formula is C14H17N3O4. The van der Waals surface area contributed by atoms with Gasteiger partial charge in [-0.3, -0.25) is 4.79 Å². The molecule has 1 aromatic heterocycles. The number of pyridine rings is 1. The van der Waals surface area contributed by atoms with Gasteiger partial charge in [-0.25, -0.2) is 4.98 Å². The van der Waals surface area contributed by atoms with Crippen molar-refractivity contribution in [1.82, 2.24) is 4.98 Å². The van der Waals surface area contributed by atoms with Crippen LogP contribution in [0.4, 0.5) is 0 Å². The van der Waals surface area contributed by atoms with Crippen molar-refractivity contribution in [2.75, 3.05) is 13.7 Å². The average molecular weight is 291 g/mol. The fourth-order valence-electron chi connectivity index (χ4n) is 3.04. The van der Waals surface area contributed by atoms with E-state index in [0.717, 1.165) is 18.6 Å². The van der Waals surface area contributed by atoms with Gasteiger partial charge in [0.1, 0.15) is 11.7 Å². The standard InChI is InChI=1S/C14H17N3O4/c1-20-14-10(13(15)19)4-8(5-16-14)12-9-2-7(6-18)3-11(9)21-17-12/h4-5,7,9,11,18H,2-3,6H2,1H3,(H2,15,19). The zero-order chi connectivity index (χ0) is 15.0. The van der Waals surface area contributed by atoms with E-state index in [-0.39, 0.29) is 36.0 Å². The summed E-state index contributed by atoms with van der Waals surface area (Å²) in [5.41, 5.74) is 7.03. The number of aromatic nitrogens is 1. The number of fused-ring (bicyclic) bond motifs is 1. The summed E-state index contributed by atoms with van der Waals surface area (Å²) >= 11 is 0. The summed E-state index contributed by atoms with van der Waals surface area (Å²) in [7, 11) is 1.43. The molecule has 21 heavy (non-hydrogen) atoms. The van der Waals surface area contributed by atoms with Gasteiger partial charge in [-0.15, -0.1) is 0 Å². The average Bonchev–Trinajstić information content (AvgIpc) is 3.06. The van der Waals surface area contributed by atoms with Crippen molar-refractivity contribution >= 4 is 11.6 Å². The number of primary amides is 1. The first-order valence-corrected chi connectivity index (χ1v) is 6.82. The molecule has 2 heterocycles. The molecular weight excluding hydrogens is 274 g/mol. The van der Waals surface area contributed by atoms with Crippen LogP contribution in [0.2, 0.25) is 0 Å². The van der Waals surface area contributed by atoms with Crippen molar-refractivity contribution in [2.45, 2.75) is 18.9 Å². The number of methoxy groups -OCH3 is 1. The van der Waals surface area contributed by atoms with Crippen LogP contribution in [0.15, 0.2) is 17.4 Å². The van der Waals surface area contributed by atoms with E-state index in [1.54, 1.807) is 12.3 Å². The van der Waals surface area contributed by atoms with Crippen molar-refractivity contribution < 1.29 is 19.5 Å². The zero-order valence-corrected chi connectivity index (χ0v) is 11.7. The van der Waals surface area contributed by atoms with Gasteiger partial charge in [0.2, 0.25) is 5.88 Å². The predicted molar refractivity (Wildman–Crippen MR) is 74.0 cm³/mol. The Kier molecular flexibility index (Phi) is 3.50. The van der Waals surface area contributed by atoms with E-state index < -0.39 is 5.91 Å². The topological polar surface area (TPSA) is 107 Å². The molecule has 1 fully saturated rings. The first-order valence-electron chi connectivity index (χ1n) is 6.82. The third kappa shape index (κ3) is 2.33. The van der Waals surface area contributed by atoms with E-state index in [1.165, 1.54) is 7.11 Å². The van der Waals surface area contributed by atoms with Crippen LogP contribution in [0.5, 0.6) is 5.88 Å². The minimum atomic E-state index is -0.600. The first kappa shape index (κ1) is 13.8. The number of ether oxygens (including phenoxy) is 1. The second-order valence-corrected chi connectivity index (χ2v) is 5.39. The molecule has 7 heteroatoms. The molecule has 3 unspecified atom stereocenters. The molecule has 0 bridgehead atoms. The van der Waals surface area contributed by atoms with Gasteiger partial charge in [0.15, 0.2) is 0 Å². The van der Waals surface area contributed by atoms with Crippen LogP contribution < -0.4 is 10.5 Å². The molecule has 7 nitrogen and oxygen atoms in total. The van der Waals surface area contributed by atoms with Gasteiger partial charge in [-0.2, -0.15) is 0 Å². The minimum Gasteiger partial charge on any atom is -0.480 e. The maximum atomic E-state index is 11.5. The number of nitrogens with two attached hydrogens (primary N) is 1. The number of aliphatic hydroxyl groups excluding tert-OH is 1. The molecule has 1 amide bonds. The van der Waals surface area contributed by atoms with Crippen molar-refractivity contribution in [3.8, 4) is 5.88 Å². The maximum Gasteiger partial charge on any atom is 0.254 e. The number of hydrogen-bond donors (Lipinski definition) is 2. The third-order valence-corrected chi connectivity index (χ3v) is 4.10. The molecule has 0 radical (unpaired) electrons. The van der Waals surface area contributed by atoms with E-state index in [2.05, 4.69) is 10.1 Å². The number of hydrogen-bond acceptors (Lipinski definition) is 6. The summed E-state index contributed by atoms with van der Waals surface area (Å²) in [6.45, 7) is 0.150. The molecule has 112 valence electrons. The van der Waals surface area contributed by atoms with E-state index >= 15 is 0 Å². The molecule has 3 N–H and O–H groups in total.